The van der Waals surface area contributed by atoms with Crippen molar-refractivity contribution in [1.29, 1.82) is 0 Å². The third-order valence-electron chi connectivity index (χ3n) is 3.28. The lowest BCUT2D eigenvalue weighted by molar-refractivity contribution is 0.126. The minimum absolute atomic E-state index is 0.256. The lowest BCUT2D eigenvalue weighted by Gasteiger charge is -2.29. The number of carbonyl (C=O) groups is 1. The van der Waals surface area contributed by atoms with Gasteiger partial charge >= 0.3 is 6.09 Å². The summed E-state index contributed by atoms with van der Waals surface area (Å²) in [5.41, 5.74) is 0. The van der Waals surface area contributed by atoms with Gasteiger partial charge in [-0.1, -0.05) is 20.8 Å². The van der Waals surface area contributed by atoms with E-state index in [0.29, 0.717) is 24.6 Å². The Morgan fingerprint density at radius 3 is 2.39 bits per heavy atom. The van der Waals surface area contributed by atoms with Crippen molar-refractivity contribution in [2.75, 3.05) is 13.2 Å². The summed E-state index contributed by atoms with van der Waals surface area (Å²) in [6, 6.07) is 0.930. The predicted octanol–water partition coefficient (Wildman–Crippen LogP) is 2.68. The van der Waals surface area contributed by atoms with Crippen molar-refractivity contribution in [2.45, 2.75) is 65.0 Å². The highest BCUT2D eigenvalue weighted by atomic mass is 16.5. The lowest BCUT2D eigenvalue weighted by atomic mass is 9.91. The summed E-state index contributed by atoms with van der Waals surface area (Å²) < 4.78 is 5.13. The Labute approximate surface area is 111 Å². The third kappa shape index (κ3) is 6.24. The molecule has 0 radical (unpaired) electrons. The summed E-state index contributed by atoms with van der Waals surface area (Å²) >= 11 is 0. The molecule has 0 aromatic heterocycles. The van der Waals surface area contributed by atoms with Crippen molar-refractivity contribution in [3.63, 3.8) is 0 Å². The van der Waals surface area contributed by atoms with E-state index >= 15 is 0 Å². The Morgan fingerprint density at radius 2 is 1.83 bits per heavy atom. The van der Waals surface area contributed by atoms with E-state index < -0.39 is 0 Å². The molecule has 2 N–H and O–H groups in total. The second-order valence-electron chi connectivity index (χ2n) is 5.64. The highest BCUT2D eigenvalue weighted by Crippen LogP contribution is 2.18. The predicted molar refractivity (Wildman–Crippen MR) is 73.7 cm³/mol. The van der Waals surface area contributed by atoms with Crippen molar-refractivity contribution < 1.29 is 9.53 Å². The van der Waals surface area contributed by atoms with Crippen LogP contribution >= 0.6 is 0 Å². The minimum Gasteiger partial charge on any atom is -0.449 e. The summed E-state index contributed by atoms with van der Waals surface area (Å²) in [6.07, 6.45) is 5.33. The largest absolute Gasteiger partial charge is 0.449 e. The second-order valence-corrected chi connectivity index (χ2v) is 5.64. The summed E-state index contributed by atoms with van der Waals surface area (Å²) in [5.74, 6) is 0.393. The van der Waals surface area contributed by atoms with Crippen LogP contribution in [0.4, 0.5) is 4.79 Å². The molecule has 4 heteroatoms. The maximum atomic E-state index is 11.5. The lowest BCUT2D eigenvalue weighted by Crippen LogP contribution is -2.42. The Balaban J connectivity index is 2.13. The van der Waals surface area contributed by atoms with Crippen LogP contribution in [-0.2, 0) is 4.74 Å². The van der Waals surface area contributed by atoms with Crippen LogP contribution in [0, 0.1) is 5.92 Å². The SMILES string of the molecule is CCCNC1CCC(NC(=O)OCC(C)C)CC1. The number of hydrogen-bond donors (Lipinski definition) is 2. The fraction of sp³-hybridized carbons (Fsp3) is 0.929. The molecule has 1 aliphatic rings. The number of hydrogen-bond acceptors (Lipinski definition) is 3. The van der Waals surface area contributed by atoms with E-state index in [1.807, 2.05) is 13.8 Å². The average Bonchev–Trinajstić information content (AvgIpc) is 2.35. The van der Waals surface area contributed by atoms with Gasteiger partial charge in [-0.3, -0.25) is 0 Å². The molecule has 1 aliphatic carbocycles. The van der Waals surface area contributed by atoms with Gasteiger partial charge < -0.3 is 15.4 Å². The molecule has 0 saturated heterocycles. The first kappa shape index (κ1) is 15.3. The van der Waals surface area contributed by atoms with Gasteiger partial charge in [-0.25, -0.2) is 4.79 Å². The van der Waals surface area contributed by atoms with Gasteiger partial charge in [-0.2, -0.15) is 0 Å². The first-order chi connectivity index (χ1) is 8.61. The molecule has 0 spiro atoms. The minimum atomic E-state index is -0.256. The Morgan fingerprint density at radius 1 is 1.22 bits per heavy atom. The van der Waals surface area contributed by atoms with Gasteiger partial charge in [0.25, 0.3) is 0 Å². The summed E-state index contributed by atoms with van der Waals surface area (Å²) in [7, 11) is 0. The van der Waals surface area contributed by atoms with Gasteiger partial charge in [0.15, 0.2) is 0 Å². The molecule has 0 aliphatic heterocycles. The van der Waals surface area contributed by atoms with Crippen LogP contribution in [0.3, 0.4) is 0 Å². The molecule has 18 heavy (non-hydrogen) atoms. The van der Waals surface area contributed by atoms with Crippen molar-refractivity contribution in [2.24, 2.45) is 5.92 Å². The van der Waals surface area contributed by atoms with E-state index in [9.17, 15) is 4.79 Å². The molecule has 1 rings (SSSR count). The molecular formula is C14H28N2O2. The van der Waals surface area contributed by atoms with E-state index in [-0.39, 0.29) is 6.09 Å². The van der Waals surface area contributed by atoms with Crippen LogP contribution in [0.2, 0.25) is 0 Å². The van der Waals surface area contributed by atoms with Crippen LogP contribution in [-0.4, -0.2) is 31.3 Å². The molecule has 106 valence electrons. The van der Waals surface area contributed by atoms with Crippen molar-refractivity contribution in [1.82, 2.24) is 10.6 Å². The van der Waals surface area contributed by atoms with Crippen LogP contribution in [0.1, 0.15) is 52.9 Å². The quantitative estimate of drug-likeness (QED) is 0.768. The van der Waals surface area contributed by atoms with Crippen LogP contribution < -0.4 is 10.6 Å². The second kappa shape index (κ2) is 8.35. The number of alkyl carbamates (subject to hydrolysis) is 1. The van der Waals surface area contributed by atoms with Gasteiger partial charge in [0.1, 0.15) is 0 Å². The van der Waals surface area contributed by atoms with Crippen LogP contribution in [0.25, 0.3) is 0 Å². The smallest absolute Gasteiger partial charge is 0.407 e. The highest BCUT2D eigenvalue weighted by molar-refractivity contribution is 5.67. The monoisotopic (exact) mass is 256 g/mol. The van der Waals surface area contributed by atoms with Gasteiger partial charge in [0.2, 0.25) is 0 Å². The first-order valence-electron chi connectivity index (χ1n) is 7.28. The Bertz CT molecular complexity index is 236. The summed E-state index contributed by atoms with van der Waals surface area (Å²) in [6.45, 7) is 7.86. The number of rotatable bonds is 6. The Kier molecular flexibility index (Phi) is 7.09. The van der Waals surface area contributed by atoms with Gasteiger partial charge in [0.05, 0.1) is 6.61 Å². The molecule has 1 amide bonds. The molecule has 0 bridgehead atoms. The van der Waals surface area contributed by atoms with Gasteiger partial charge in [0, 0.05) is 12.1 Å². The molecule has 0 unspecified atom stereocenters. The Hall–Kier alpha value is -0.770. The van der Waals surface area contributed by atoms with E-state index in [0.717, 1.165) is 32.2 Å². The molecule has 0 aromatic rings. The maximum Gasteiger partial charge on any atom is 0.407 e. The molecular weight excluding hydrogens is 228 g/mol. The number of amides is 1. The zero-order valence-electron chi connectivity index (χ0n) is 12.0. The van der Waals surface area contributed by atoms with Crippen molar-refractivity contribution in [3.8, 4) is 0 Å². The fourth-order valence-corrected chi connectivity index (χ4v) is 2.24. The van der Waals surface area contributed by atoms with Crippen molar-refractivity contribution >= 4 is 6.09 Å². The van der Waals surface area contributed by atoms with Gasteiger partial charge in [-0.15, -0.1) is 0 Å². The third-order valence-corrected chi connectivity index (χ3v) is 3.28. The average molecular weight is 256 g/mol. The van der Waals surface area contributed by atoms with E-state index in [1.54, 1.807) is 0 Å². The number of nitrogens with one attached hydrogen (secondary N) is 2. The van der Waals surface area contributed by atoms with E-state index in [2.05, 4.69) is 17.6 Å². The number of carbonyl (C=O) groups excluding carboxylic acids is 1. The maximum absolute atomic E-state index is 11.5. The molecule has 0 atom stereocenters. The first-order valence-corrected chi connectivity index (χ1v) is 7.28. The highest BCUT2D eigenvalue weighted by Gasteiger charge is 2.22. The normalized spacial score (nSPS) is 24.0. The standard InChI is InChI=1S/C14H28N2O2/c1-4-9-15-12-5-7-13(8-6-12)16-14(17)18-10-11(2)3/h11-13,15H,4-10H2,1-3H3,(H,16,17). The fourth-order valence-electron chi connectivity index (χ4n) is 2.24. The van der Waals surface area contributed by atoms with Crippen LogP contribution in [0.5, 0.6) is 0 Å². The topological polar surface area (TPSA) is 50.4 Å². The van der Waals surface area contributed by atoms with Gasteiger partial charge in [-0.05, 0) is 44.6 Å². The zero-order valence-corrected chi connectivity index (χ0v) is 12.0. The summed E-state index contributed by atoms with van der Waals surface area (Å²) in [4.78, 5) is 11.5. The molecule has 1 fully saturated rings. The van der Waals surface area contributed by atoms with Crippen LogP contribution in [0.15, 0.2) is 0 Å². The molecule has 1 saturated carbocycles. The molecule has 0 heterocycles. The molecule has 0 aromatic carbocycles. The molecule has 4 nitrogen and oxygen atoms in total. The van der Waals surface area contributed by atoms with Crippen molar-refractivity contribution in [3.05, 3.63) is 0 Å². The van der Waals surface area contributed by atoms with E-state index in [1.165, 1.54) is 6.42 Å². The summed E-state index contributed by atoms with van der Waals surface area (Å²) in [5, 5.41) is 6.50. The van der Waals surface area contributed by atoms with E-state index in [4.69, 9.17) is 4.74 Å². The number of ether oxygens (including phenoxy) is 1. The zero-order chi connectivity index (χ0) is 13.4.